The zero-order chi connectivity index (χ0) is 13.8. The highest BCUT2D eigenvalue weighted by atomic mass is 16.5. The number of hydrogen-bond donors (Lipinski definition) is 0. The Morgan fingerprint density at radius 1 is 1.28 bits per heavy atom. The molecule has 18 heavy (non-hydrogen) atoms. The minimum absolute atomic E-state index is 0.0982. The van der Waals surface area contributed by atoms with E-state index in [1.807, 2.05) is 6.92 Å². The van der Waals surface area contributed by atoms with Crippen LogP contribution in [-0.4, -0.2) is 7.11 Å². The molecule has 1 unspecified atom stereocenters. The average molecular weight is 244 g/mol. The predicted octanol–water partition coefficient (Wildman–Crippen LogP) is 4.19. The summed E-state index contributed by atoms with van der Waals surface area (Å²) in [6.07, 6.45) is 0.994. The monoisotopic (exact) mass is 244 g/mol. The van der Waals surface area contributed by atoms with Gasteiger partial charge in [-0.1, -0.05) is 39.8 Å². The Morgan fingerprint density at radius 3 is 2.44 bits per heavy atom. The van der Waals surface area contributed by atoms with Crippen molar-refractivity contribution in [2.45, 2.75) is 46.5 Å². The van der Waals surface area contributed by atoms with Gasteiger partial charge >= 0.3 is 0 Å². The first-order valence-corrected chi connectivity index (χ1v) is 6.48. The third-order valence-electron chi connectivity index (χ3n) is 3.00. The van der Waals surface area contributed by atoms with Crippen LogP contribution in [0.5, 0.6) is 5.75 Å². The van der Waals surface area contributed by atoms with Crippen molar-refractivity contribution in [1.29, 1.82) is 0 Å². The van der Waals surface area contributed by atoms with Gasteiger partial charge in [-0.15, -0.1) is 11.8 Å². The molecule has 0 aliphatic heterocycles. The summed E-state index contributed by atoms with van der Waals surface area (Å²) in [5.74, 6) is 7.55. The first-order valence-electron chi connectivity index (χ1n) is 6.48. The molecule has 0 fully saturated rings. The number of hydrogen-bond acceptors (Lipinski definition) is 1. The normalized spacial score (nSPS) is 12.6. The fourth-order valence-electron chi connectivity index (χ4n) is 2.12. The Bertz CT molecular complexity index is 455. The van der Waals surface area contributed by atoms with Crippen molar-refractivity contribution in [3.05, 3.63) is 29.3 Å². The summed E-state index contributed by atoms with van der Waals surface area (Å²) < 4.78 is 5.45. The molecule has 0 saturated carbocycles. The van der Waals surface area contributed by atoms with Gasteiger partial charge in [0.05, 0.1) is 7.11 Å². The Hall–Kier alpha value is -1.42. The third-order valence-corrected chi connectivity index (χ3v) is 3.00. The summed E-state index contributed by atoms with van der Waals surface area (Å²) in [5, 5.41) is 0. The molecule has 0 amide bonds. The lowest BCUT2D eigenvalue weighted by atomic mass is 9.84. The molecule has 0 heterocycles. The zero-order valence-electron chi connectivity index (χ0n) is 12.4. The van der Waals surface area contributed by atoms with Gasteiger partial charge in [0.25, 0.3) is 0 Å². The van der Waals surface area contributed by atoms with Crippen molar-refractivity contribution < 1.29 is 4.74 Å². The van der Waals surface area contributed by atoms with E-state index in [0.717, 1.165) is 12.2 Å². The second kappa shape index (κ2) is 5.96. The van der Waals surface area contributed by atoms with Crippen LogP contribution in [0.4, 0.5) is 0 Å². The molecule has 1 atom stereocenters. The Kier molecular flexibility index (Phi) is 4.84. The largest absolute Gasteiger partial charge is 0.496 e. The minimum Gasteiger partial charge on any atom is -0.496 e. The standard InChI is InChI=1S/C17H24O/c1-7-8-13(2)11-14-9-10-16(18-6)15(12-14)17(3,4)5/h9-10,12-13H,11H2,1-6H3. The van der Waals surface area contributed by atoms with E-state index in [1.54, 1.807) is 7.11 Å². The Labute approximate surface area is 112 Å². The maximum atomic E-state index is 5.45. The van der Waals surface area contributed by atoms with Crippen molar-refractivity contribution in [1.82, 2.24) is 0 Å². The summed E-state index contributed by atoms with van der Waals surface area (Å²) in [7, 11) is 1.73. The molecule has 0 aromatic heterocycles. The van der Waals surface area contributed by atoms with E-state index in [2.05, 4.69) is 57.7 Å². The van der Waals surface area contributed by atoms with Gasteiger partial charge in [0, 0.05) is 5.92 Å². The first kappa shape index (κ1) is 14.6. The van der Waals surface area contributed by atoms with Gasteiger partial charge in [0.2, 0.25) is 0 Å². The van der Waals surface area contributed by atoms with Crippen LogP contribution < -0.4 is 4.74 Å². The predicted molar refractivity (Wildman–Crippen MR) is 78.0 cm³/mol. The molecular formula is C17H24O. The molecule has 0 N–H and O–H groups in total. The summed E-state index contributed by atoms with van der Waals surface area (Å²) in [6.45, 7) is 10.7. The van der Waals surface area contributed by atoms with Crippen LogP contribution in [-0.2, 0) is 11.8 Å². The van der Waals surface area contributed by atoms with Crippen LogP contribution in [0.15, 0.2) is 18.2 Å². The van der Waals surface area contributed by atoms with Crippen LogP contribution in [0, 0.1) is 17.8 Å². The van der Waals surface area contributed by atoms with Crippen LogP contribution >= 0.6 is 0 Å². The fourth-order valence-corrected chi connectivity index (χ4v) is 2.12. The molecule has 1 nitrogen and oxygen atoms in total. The summed E-state index contributed by atoms with van der Waals surface area (Å²) in [6, 6.07) is 6.47. The highest BCUT2D eigenvalue weighted by Gasteiger charge is 2.19. The van der Waals surface area contributed by atoms with E-state index >= 15 is 0 Å². The number of rotatable bonds is 3. The molecule has 0 radical (unpaired) electrons. The summed E-state index contributed by atoms with van der Waals surface area (Å²) >= 11 is 0. The summed E-state index contributed by atoms with van der Waals surface area (Å²) in [5.41, 5.74) is 2.69. The van der Waals surface area contributed by atoms with Crippen LogP contribution in [0.3, 0.4) is 0 Å². The first-order chi connectivity index (χ1) is 8.38. The fraction of sp³-hybridized carbons (Fsp3) is 0.529. The molecule has 0 aliphatic rings. The zero-order valence-corrected chi connectivity index (χ0v) is 12.4. The number of ether oxygens (including phenoxy) is 1. The average Bonchev–Trinajstić information content (AvgIpc) is 2.28. The third kappa shape index (κ3) is 3.81. The highest BCUT2D eigenvalue weighted by molar-refractivity contribution is 5.41. The Balaban J connectivity index is 3.06. The van der Waals surface area contributed by atoms with Crippen LogP contribution in [0.1, 0.15) is 45.7 Å². The van der Waals surface area contributed by atoms with Crippen LogP contribution in [0.2, 0.25) is 0 Å². The maximum Gasteiger partial charge on any atom is 0.122 e. The quantitative estimate of drug-likeness (QED) is 0.724. The maximum absolute atomic E-state index is 5.45. The van der Waals surface area contributed by atoms with Crippen molar-refractivity contribution in [3.63, 3.8) is 0 Å². The molecule has 1 heteroatoms. The van der Waals surface area contributed by atoms with Crippen LogP contribution in [0.25, 0.3) is 0 Å². The van der Waals surface area contributed by atoms with Gasteiger partial charge in [-0.25, -0.2) is 0 Å². The minimum atomic E-state index is 0.0982. The Morgan fingerprint density at radius 2 is 1.94 bits per heavy atom. The van der Waals surface area contributed by atoms with E-state index in [4.69, 9.17) is 4.74 Å². The molecule has 0 spiro atoms. The van der Waals surface area contributed by atoms with Gasteiger partial charge < -0.3 is 4.74 Å². The SMILES string of the molecule is CC#CC(C)Cc1ccc(OC)c(C(C)(C)C)c1. The lowest BCUT2D eigenvalue weighted by Crippen LogP contribution is -2.13. The van der Waals surface area contributed by atoms with Gasteiger partial charge in [-0.2, -0.15) is 0 Å². The lowest BCUT2D eigenvalue weighted by molar-refractivity contribution is 0.397. The topological polar surface area (TPSA) is 9.23 Å². The van der Waals surface area contributed by atoms with E-state index in [-0.39, 0.29) is 5.41 Å². The van der Waals surface area contributed by atoms with E-state index in [1.165, 1.54) is 11.1 Å². The molecule has 0 bridgehead atoms. The number of benzene rings is 1. The second-order valence-electron chi connectivity index (χ2n) is 5.78. The van der Waals surface area contributed by atoms with Crippen molar-refractivity contribution in [3.8, 4) is 17.6 Å². The molecule has 0 saturated heterocycles. The smallest absolute Gasteiger partial charge is 0.122 e. The van der Waals surface area contributed by atoms with Gasteiger partial charge in [0.15, 0.2) is 0 Å². The van der Waals surface area contributed by atoms with Crippen molar-refractivity contribution >= 4 is 0 Å². The van der Waals surface area contributed by atoms with E-state index in [9.17, 15) is 0 Å². The van der Waals surface area contributed by atoms with Gasteiger partial charge in [-0.3, -0.25) is 0 Å². The lowest BCUT2D eigenvalue weighted by Gasteiger charge is -2.23. The molecular weight excluding hydrogens is 220 g/mol. The highest BCUT2D eigenvalue weighted by Crippen LogP contribution is 2.32. The molecule has 1 rings (SSSR count). The van der Waals surface area contributed by atoms with Crippen molar-refractivity contribution in [2.75, 3.05) is 7.11 Å². The van der Waals surface area contributed by atoms with E-state index < -0.39 is 0 Å². The number of methoxy groups -OCH3 is 1. The molecule has 1 aromatic carbocycles. The van der Waals surface area contributed by atoms with Crippen molar-refractivity contribution in [2.24, 2.45) is 5.92 Å². The van der Waals surface area contributed by atoms with E-state index in [0.29, 0.717) is 5.92 Å². The molecule has 0 aliphatic carbocycles. The molecule has 1 aromatic rings. The van der Waals surface area contributed by atoms with Gasteiger partial charge in [0.1, 0.15) is 5.75 Å². The molecule has 98 valence electrons. The second-order valence-corrected chi connectivity index (χ2v) is 5.78. The van der Waals surface area contributed by atoms with Gasteiger partial charge in [-0.05, 0) is 36.0 Å². The summed E-state index contributed by atoms with van der Waals surface area (Å²) in [4.78, 5) is 0.